The van der Waals surface area contributed by atoms with Crippen LogP contribution in [0.5, 0.6) is 0 Å². The number of carbonyl (C=O) groups excluding carboxylic acids is 1. The molecular weight excluding hydrogens is 222 g/mol. The summed E-state index contributed by atoms with van der Waals surface area (Å²) in [5.74, 6) is -0.0912. The number of thioether (sulfide) groups is 1. The zero-order chi connectivity index (χ0) is 11.8. The summed E-state index contributed by atoms with van der Waals surface area (Å²) < 4.78 is 4.90. The van der Waals surface area contributed by atoms with Crippen LogP contribution in [-0.4, -0.2) is 36.7 Å². The summed E-state index contributed by atoms with van der Waals surface area (Å²) in [6, 6.07) is 0.582. The molecule has 3 nitrogen and oxygen atoms in total. The van der Waals surface area contributed by atoms with Crippen LogP contribution in [0.2, 0.25) is 0 Å². The van der Waals surface area contributed by atoms with Crippen molar-refractivity contribution in [2.45, 2.75) is 50.3 Å². The van der Waals surface area contributed by atoms with Gasteiger partial charge in [-0.25, -0.2) is 0 Å². The van der Waals surface area contributed by atoms with Gasteiger partial charge in [-0.3, -0.25) is 4.79 Å². The molecule has 2 unspecified atom stereocenters. The number of carbonyl (C=O) groups is 1. The van der Waals surface area contributed by atoms with Gasteiger partial charge in [-0.1, -0.05) is 12.8 Å². The third-order valence-corrected chi connectivity index (χ3v) is 4.22. The molecule has 1 fully saturated rings. The first-order chi connectivity index (χ1) is 7.77. The van der Waals surface area contributed by atoms with Crippen LogP contribution in [0.25, 0.3) is 0 Å². The highest BCUT2D eigenvalue weighted by Gasteiger charge is 2.23. The Labute approximate surface area is 103 Å². The van der Waals surface area contributed by atoms with Crippen LogP contribution in [0.15, 0.2) is 0 Å². The van der Waals surface area contributed by atoms with Crippen molar-refractivity contribution in [1.29, 1.82) is 0 Å². The van der Waals surface area contributed by atoms with Gasteiger partial charge >= 0.3 is 5.97 Å². The SMILES string of the molecule is CCOC(=O)CCNC1CCCCC1SC. The fourth-order valence-electron chi connectivity index (χ4n) is 2.21. The summed E-state index contributed by atoms with van der Waals surface area (Å²) in [5, 5.41) is 4.21. The molecule has 0 aliphatic heterocycles. The lowest BCUT2D eigenvalue weighted by molar-refractivity contribution is -0.143. The quantitative estimate of drug-likeness (QED) is 0.728. The molecule has 0 aromatic rings. The van der Waals surface area contributed by atoms with Crippen LogP contribution in [0, 0.1) is 0 Å². The van der Waals surface area contributed by atoms with Crippen molar-refractivity contribution < 1.29 is 9.53 Å². The molecule has 0 heterocycles. The van der Waals surface area contributed by atoms with Gasteiger partial charge in [0.1, 0.15) is 0 Å². The van der Waals surface area contributed by atoms with Crippen LogP contribution in [0.1, 0.15) is 39.0 Å². The lowest BCUT2D eigenvalue weighted by atomic mass is 9.95. The van der Waals surface area contributed by atoms with E-state index in [-0.39, 0.29) is 5.97 Å². The van der Waals surface area contributed by atoms with E-state index in [0.29, 0.717) is 19.1 Å². The van der Waals surface area contributed by atoms with E-state index in [1.165, 1.54) is 25.7 Å². The van der Waals surface area contributed by atoms with Crippen molar-refractivity contribution >= 4 is 17.7 Å². The minimum absolute atomic E-state index is 0.0912. The Morgan fingerprint density at radius 3 is 2.88 bits per heavy atom. The van der Waals surface area contributed by atoms with Crippen LogP contribution < -0.4 is 5.32 Å². The molecule has 1 aliphatic rings. The summed E-state index contributed by atoms with van der Waals surface area (Å²) in [7, 11) is 0. The van der Waals surface area contributed by atoms with Crippen molar-refractivity contribution in [2.75, 3.05) is 19.4 Å². The van der Waals surface area contributed by atoms with Gasteiger partial charge in [-0.05, 0) is 26.0 Å². The molecule has 1 rings (SSSR count). The van der Waals surface area contributed by atoms with E-state index in [1.807, 2.05) is 18.7 Å². The van der Waals surface area contributed by atoms with E-state index >= 15 is 0 Å². The molecule has 1 saturated carbocycles. The molecule has 1 N–H and O–H groups in total. The molecule has 0 aromatic heterocycles. The van der Waals surface area contributed by atoms with Gasteiger partial charge in [0.05, 0.1) is 13.0 Å². The smallest absolute Gasteiger partial charge is 0.307 e. The minimum atomic E-state index is -0.0912. The van der Waals surface area contributed by atoms with Crippen LogP contribution >= 0.6 is 11.8 Å². The maximum absolute atomic E-state index is 11.2. The Bertz CT molecular complexity index is 211. The molecule has 0 radical (unpaired) electrons. The largest absolute Gasteiger partial charge is 0.466 e. The third-order valence-electron chi connectivity index (χ3n) is 3.05. The van der Waals surface area contributed by atoms with E-state index in [2.05, 4.69) is 11.6 Å². The van der Waals surface area contributed by atoms with Crippen LogP contribution in [-0.2, 0) is 9.53 Å². The maximum Gasteiger partial charge on any atom is 0.307 e. The molecule has 1 aliphatic carbocycles. The second-order valence-electron chi connectivity index (χ2n) is 4.17. The van der Waals surface area contributed by atoms with Gasteiger partial charge in [0.25, 0.3) is 0 Å². The number of esters is 1. The van der Waals surface area contributed by atoms with E-state index in [9.17, 15) is 4.79 Å². The number of hydrogen-bond acceptors (Lipinski definition) is 4. The van der Waals surface area contributed by atoms with Gasteiger partial charge in [-0.15, -0.1) is 0 Å². The molecular formula is C12H23NO2S. The van der Waals surface area contributed by atoms with Gasteiger partial charge in [0, 0.05) is 17.8 Å². The Morgan fingerprint density at radius 2 is 2.19 bits per heavy atom. The topological polar surface area (TPSA) is 38.3 Å². The molecule has 0 amide bonds. The van der Waals surface area contributed by atoms with Crippen molar-refractivity contribution in [3.63, 3.8) is 0 Å². The first-order valence-electron chi connectivity index (χ1n) is 6.19. The fraction of sp³-hybridized carbons (Fsp3) is 0.917. The monoisotopic (exact) mass is 245 g/mol. The van der Waals surface area contributed by atoms with Crippen LogP contribution in [0.4, 0.5) is 0 Å². The van der Waals surface area contributed by atoms with Crippen molar-refractivity contribution in [2.24, 2.45) is 0 Å². The highest BCUT2D eigenvalue weighted by atomic mass is 32.2. The lowest BCUT2D eigenvalue weighted by Crippen LogP contribution is -2.41. The van der Waals surface area contributed by atoms with Gasteiger partial charge in [0.2, 0.25) is 0 Å². The highest BCUT2D eigenvalue weighted by molar-refractivity contribution is 7.99. The summed E-state index contributed by atoms with van der Waals surface area (Å²) in [6.45, 7) is 3.08. The lowest BCUT2D eigenvalue weighted by Gasteiger charge is -2.31. The van der Waals surface area contributed by atoms with Crippen molar-refractivity contribution in [3.8, 4) is 0 Å². The molecule has 94 valence electrons. The highest BCUT2D eigenvalue weighted by Crippen LogP contribution is 2.26. The van der Waals surface area contributed by atoms with E-state index in [0.717, 1.165) is 11.8 Å². The Kier molecular flexibility index (Phi) is 6.88. The Balaban J connectivity index is 2.17. The first-order valence-corrected chi connectivity index (χ1v) is 7.48. The molecule has 0 spiro atoms. The van der Waals surface area contributed by atoms with Crippen molar-refractivity contribution in [3.05, 3.63) is 0 Å². The zero-order valence-electron chi connectivity index (χ0n) is 10.3. The molecule has 16 heavy (non-hydrogen) atoms. The average molecular weight is 245 g/mol. The van der Waals surface area contributed by atoms with Crippen LogP contribution in [0.3, 0.4) is 0 Å². The first kappa shape index (κ1) is 13.8. The maximum atomic E-state index is 11.2. The standard InChI is InChI=1S/C12H23NO2S/c1-3-15-12(14)8-9-13-10-6-4-5-7-11(10)16-2/h10-11,13H,3-9H2,1-2H3. The second kappa shape index (κ2) is 7.96. The number of ether oxygens (including phenoxy) is 1. The average Bonchev–Trinajstić information content (AvgIpc) is 2.30. The molecule has 4 heteroatoms. The van der Waals surface area contributed by atoms with Gasteiger partial charge in [0.15, 0.2) is 0 Å². The van der Waals surface area contributed by atoms with Gasteiger partial charge in [-0.2, -0.15) is 11.8 Å². The number of nitrogens with one attached hydrogen (secondary N) is 1. The van der Waals surface area contributed by atoms with Crippen molar-refractivity contribution in [1.82, 2.24) is 5.32 Å². The summed E-state index contributed by atoms with van der Waals surface area (Å²) >= 11 is 1.94. The van der Waals surface area contributed by atoms with E-state index < -0.39 is 0 Å². The van der Waals surface area contributed by atoms with E-state index in [1.54, 1.807) is 0 Å². The minimum Gasteiger partial charge on any atom is -0.466 e. The summed E-state index contributed by atoms with van der Waals surface area (Å²) in [6.07, 6.45) is 7.88. The molecule has 0 saturated heterocycles. The Morgan fingerprint density at radius 1 is 1.44 bits per heavy atom. The summed E-state index contributed by atoms with van der Waals surface area (Å²) in [4.78, 5) is 11.2. The predicted molar refractivity (Wildman–Crippen MR) is 68.8 cm³/mol. The molecule has 2 atom stereocenters. The van der Waals surface area contributed by atoms with E-state index in [4.69, 9.17) is 4.74 Å². The second-order valence-corrected chi connectivity index (χ2v) is 5.25. The Hall–Kier alpha value is -0.220. The summed E-state index contributed by atoms with van der Waals surface area (Å²) in [5.41, 5.74) is 0. The third kappa shape index (κ3) is 4.74. The predicted octanol–water partition coefficient (Wildman–Crippen LogP) is 2.20. The molecule has 0 bridgehead atoms. The zero-order valence-corrected chi connectivity index (χ0v) is 11.1. The molecule has 0 aromatic carbocycles. The number of rotatable bonds is 6. The van der Waals surface area contributed by atoms with Gasteiger partial charge < -0.3 is 10.1 Å². The fourth-order valence-corrected chi connectivity index (χ4v) is 3.17. The number of hydrogen-bond donors (Lipinski definition) is 1. The normalized spacial score (nSPS) is 25.4.